The highest BCUT2D eigenvalue weighted by molar-refractivity contribution is 7.99. The van der Waals surface area contributed by atoms with Crippen LogP contribution in [0.25, 0.3) is 11.1 Å². The lowest BCUT2D eigenvalue weighted by Gasteiger charge is -2.09. The molecule has 2 nitrogen and oxygen atoms in total. The molecule has 0 amide bonds. The summed E-state index contributed by atoms with van der Waals surface area (Å²) in [6.07, 6.45) is 1.70. The van der Waals surface area contributed by atoms with Crippen molar-refractivity contribution < 1.29 is 0 Å². The largest absolute Gasteiger partial charge is 0.244 e. The van der Waals surface area contributed by atoms with E-state index < -0.39 is 0 Å². The lowest BCUT2D eigenvalue weighted by atomic mass is 10.0. The molecule has 0 aliphatic heterocycles. The Hall–Kier alpha value is -1.79. The van der Waals surface area contributed by atoms with Crippen molar-refractivity contribution in [3.63, 3.8) is 0 Å². The Labute approximate surface area is 112 Å². The zero-order valence-corrected chi connectivity index (χ0v) is 11.3. The number of hydrogen-bond donors (Lipinski definition) is 0. The molecule has 0 aliphatic rings. The predicted molar refractivity (Wildman–Crippen MR) is 75.5 cm³/mol. The molecule has 3 heteroatoms. The molecule has 18 heavy (non-hydrogen) atoms. The topological polar surface area (TPSA) is 36.7 Å². The molecule has 0 aliphatic carbocycles. The SMILES string of the molecule is CCSc1c(-c2ccc(C)cc2)ccnc1C#N. The molecule has 0 fully saturated rings. The number of benzene rings is 1. The van der Waals surface area contributed by atoms with Gasteiger partial charge in [0.25, 0.3) is 0 Å². The lowest BCUT2D eigenvalue weighted by Crippen LogP contribution is -1.91. The zero-order valence-electron chi connectivity index (χ0n) is 10.5. The van der Waals surface area contributed by atoms with Crippen LogP contribution in [0.1, 0.15) is 18.2 Å². The van der Waals surface area contributed by atoms with Crippen molar-refractivity contribution in [2.45, 2.75) is 18.7 Å². The summed E-state index contributed by atoms with van der Waals surface area (Å²) in [6, 6.07) is 12.5. The highest BCUT2D eigenvalue weighted by atomic mass is 32.2. The van der Waals surface area contributed by atoms with Crippen molar-refractivity contribution in [2.24, 2.45) is 0 Å². The molecule has 0 N–H and O–H groups in total. The molecule has 0 spiro atoms. The number of thioether (sulfide) groups is 1. The van der Waals surface area contributed by atoms with Gasteiger partial charge in [-0.25, -0.2) is 4.98 Å². The Bertz CT molecular complexity index is 582. The van der Waals surface area contributed by atoms with Crippen molar-refractivity contribution in [3.8, 4) is 17.2 Å². The van der Waals surface area contributed by atoms with Crippen LogP contribution in [0, 0.1) is 18.3 Å². The quantitative estimate of drug-likeness (QED) is 0.776. The summed E-state index contributed by atoms with van der Waals surface area (Å²) in [6.45, 7) is 4.15. The highest BCUT2D eigenvalue weighted by Crippen LogP contribution is 2.33. The molecule has 0 saturated carbocycles. The van der Waals surface area contributed by atoms with E-state index in [1.54, 1.807) is 18.0 Å². The Morgan fingerprint density at radius 2 is 1.94 bits per heavy atom. The van der Waals surface area contributed by atoms with E-state index in [0.717, 1.165) is 21.8 Å². The Balaban J connectivity index is 2.56. The van der Waals surface area contributed by atoms with Gasteiger partial charge in [0, 0.05) is 6.20 Å². The molecular formula is C15H14N2S. The van der Waals surface area contributed by atoms with E-state index in [9.17, 15) is 0 Å². The lowest BCUT2D eigenvalue weighted by molar-refractivity contribution is 1.18. The molecule has 0 saturated heterocycles. The van der Waals surface area contributed by atoms with Gasteiger partial charge in [0.15, 0.2) is 5.69 Å². The third kappa shape index (κ3) is 2.55. The Morgan fingerprint density at radius 3 is 2.56 bits per heavy atom. The summed E-state index contributed by atoms with van der Waals surface area (Å²) in [5.74, 6) is 0.930. The first-order valence-electron chi connectivity index (χ1n) is 5.85. The van der Waals surface area contributed by atoms with Crippen LogP contribution in [0.5, 0.6) is 0 Å². The standard InChI is InChI=1S/C15H14N2S/c1-3-18-15-13(8-9-17-14(15)10-16)12-6-4-11(2)5-7-12/h4-9H,3H2,1-2H3. The van der Waals surface area contributed by atoms with Crippen LogP contribution in [0.4, 0.5) is 0 Å². The minimum absolute atomic E-state index is 0.514. The van der Waals surface area contributed by atoms with Crippen LogP contribution in [-0.2, 0) is 0 Å². The monoisotopic (exact) mass is 254 g/mol. The van der Waals surface area contributed by atoms with E-state index in [4.69, 9.17) is 5.26 Å². The first-order chi connectivity index (χ1) is 8.76. The van der Waals surface area contributed by atoms with E-state index in [0.29, 0.717) is 5.69 Å². The van der Waals surface area contributed by atoms with Gasteiger partial charge in [-0.1, -0.05) is 36.8 Å². The smallest absolute Gasteiger partial charge is 0.154 e. The van der Waals surface area contributed by atoms with Crippen LogP contribution < -0.4 is 0 Å². The average Bonchev–Trinajstić information content (AvgIpc) is 2.40. The maximum absolute atomic E-state index is 9.13. The minimum atomic E-state index is 0.514. The summed E-state index contributed by atoms with van der Waals surface area (Å²) in [5.41, 5.74) is 3.97. The van der Waals surface area contributed by atoms with Crippen molar-refractivity contribution in [1.82, 2.24) is 4.98 Å². The molecule has 0 unspecified atom stereocenters. The molecule has 0 radical (unpaired) electrons. The van der Waals surface area contributed by atoms with Crippen molar-refractivity contribution in [3.05, 3.63) is 47.8 Å². The van der Waals surface area contributed by atoms with Gasteiger partial charge in [-0.3, -0.25) is 0 Å². The number of rotatable bonds is 3. The number of nitrogens with zero attached hydrogens (tertiary/aromatic N) is 2. The molecular weight excluding hydrogens is 240 g/mol. The molecule has 2 rings (SSSR count). The van der Waals surface area contributed by atoms with Crippen molar-refractivity contribution >= 4 is 11.8 Å². The molecule has 0 bridgehead atoms. The summed E-state index contributed by atoms with van der Waals surface area (Å²) in [5, 5.41) is 9.13. The number of hydrogen-bond acceptors (Lipinski definition) is 3. The third-order valence-corrected chi connectivity index (χ3v) is 3.65. The second-order valence-corrected chi connectivity index (χ2v) is 5.22. The van der Waals surface area contributed by atoms with Gasteiger partial charge in [-0.05, 0) is 29.9 Å². The zero-order chi connectivity index (χ0) is 13.0. The fraction of sp³-hybridized carbons (Fsp3) is 0.200. The fourth-order valence-electron chi connectivity index (χ4n) is 1.78. The third-order valence-electron chi connectivity index (χ3n) is 2.66. The van der Waals surface area contributed by atoms with Gasteiger partial charge in [-0.15, -0.1) is 11.8 Å². The Kier molecular flexibility index (Phi) is 4.01. The molecule has 1 heterocycles. The van der Waals surface area contributed by atoms with Gasteiger partial charge in [0.2, 0.25) is 0 Å². The minimum Gasteiger partial charge on any atom is -0.244 e. The van der Waals surface area contributed by atoms with Crippen LogP contribution in [0.3, 0.4) is 0 Å². The summed E-state index contributed by atoms with van der Waals surface area (Å²) >= 11 is 1.67. The van der Waals surface area contributed by atoms with E-state index in [1.165, 1.54) is 5.56 Å². The number of nitriles is 1. The molecule has 1 aromatic carbocycles. The second-order valence-electron chi connectivity index (χ2n) is 3.95. The normalized spacial score (nSPS) is 10.1. The number of pyridine rings is 1. The van der Waals surface area contributed by atoms with E-state index in [-0.39, 0.29) is 0 Å². The second kappa shape index (κ2) is 5.70. The fourth-order valence-corrected chi connectivity index (χ4v) is 2.64. The summed E-state index contributed by atoms with van der Waals surface area (Å²) in [7, 11) is 0. The van der Waals surface area contributed by atoms with Gasteiger partial charge in [0.05, 0.1) is 4.90 Å². The van der Waals surface area contributed by atoms with Crippen LogP contribution in [0.2, 0.25) is 0 Å². The maximum Gasteiger partial charge on any atom is 0.154 e. The first kappa shape index (κ1) is 12.7. The number of aryl methyl sites for hydroxylation is 1. The molecule has 0 atom stereocenters. The van der Waals surface area contributed by atoms with Crippen molar-refractivity contribution in [2.75, 3.05) is 5.75 Å². The highest BCUT2D eigenvalue weighted by Gasteiger charge is 2.10. The van der Waals surface area contributed by atoms with Crippen LogP contribution >= 0.6 is 11.8 Å². The predicted octanol–water partition coefficient (Wildman–Crippen LogP) is 4.04. The van der Waals surface area contributed by atoms with Gasteiger partial charge < -0.3 is 0 Å². The van der Waals surface area contributed by atoms with E-state index in [2.05, 4.69) is 49.2 Å². The molecule has 2 aromatic rings. The average molecular weight is 254 g/mol. The van der Waals surface area contributed by atoms with Crippen LogP contribution in [-0.4, -0.2) is 10.7 Å². The van der Waals surface area contributed by atoms with E-state index in [1.807, 2.05) is 6.07 Å². The first-order valence-corrected chi connectivity index (χ1v) is 6.83. The summed E-state index contributed by atoms with van der Waals surface area (Å²) in [4.78, 5) is 5.12. The van der Waals surface area contributed by atoms with Crippen molar-refractivity contribution in [1.29, 1.82) is 5.26 Å². The van der Waals surface area contributed by atoms with Gasteiger partial charge in [-0.2, -0.15) is 5.26 Å². The van der Waals surface area contributed by atoms with Gasteiger partial charge in [0.1, 0.15) is 6.07 Å². The number of aromatic nitrogens is 1. The van der Waals surface area contributed by atoms with Crippen LogP contribution in [0.15, 0.2) is 41.4 Å². The van der Waals surface area contributed by atoms with E-state index >= 15 is 0 Å². The van der Waals surface area contributed by atoms with Gasteiger partial charge >= 0.3 is 0 Å². The molecule has 1 aromatic heterocycles. The Morgan fingerprint density at radius 1 is 1.22 bits per heavy atom. The summed E-state index contributed by atoms with van der Waals surface area (Å²) < 4.78 is 0. The maximum atomic E-state index is 9.13. The molecule has 90 valence electrons.